The molecule has 1 aliphatic carbocycles. The van der Waals surface area contributed by atoms with Crippen molar-refractivity contribution in [2.45, 2.75) is 64.7 Å². The van der Waals surface area contributed by atoms with E-state index >= 15 is 0 Å². The highest BCUT2D eigenvalue weighted by Crippen LogP contribution is 2.44. The molecule has 1 aliphatic rings. The van der Waals surface area contributed by atoms with Crippen molar-refractivity contribution in [3.05, 3.63) is 82.9 Å². The van der Waals surface area contributed by atoms with Crippen LogP contribution in [0.1, 0.15) is 55.0 Å². The van der Waals surface area contributed by atoms with Crippen LogP contribution in [0.15, 0.2) is 60.7 Å². The Morgan fingerprint density at radius 2 is 1.75 bits per heavy atom. The van der Waals surface area contributed by atoms with Crippen LogP contribution in [0, 0.1) is 19.8 Å². The van der Waals surface area contributed by atoms with E-state index in [1.54, 1.807) is 0 Å². The van der Waals surface area contributed by atoms with Crippen molar-refractivity contribution in [3.63, 3.8) is 0 Å². The van der Waals surface area contributed by atoms with Gasteiger partial charge in [0, 0.05) is 12.1 Å². The molecule has 0 spiro atoms. The van der Waals surface area contributed by atoms with Gasteiger partial charge in [-0.1, -0.05) is 66.2 Å². The first-order valence-electron chi connectivity index (χ1n) is 11.9. The first-order chi connectivity index (χ1) is 15.3. The van der Waals surface area contributed by atoms with Gasteiger partial charge in [-0.15, -0.1) is 0 Å². The summed E-state index contributed by atoms with van der Waals surface area (Å²) < 4.78 is 6.28. The molecule has 170 valence electrons. The minimum Gasteiger partial charge on any atom is -0.389 e. The molecule has 2 unspecified atom stereocenters. The molecule has 1 fully saturated rings. The summed E-state index contributed by atoms with van der Waals surface area (Å²) in [5.74, 6) is 0.584. The molecule has 0 amide bonds. The molecule has 0 heterocycles. The average Bonchev–Trinajstić information content (AvgIpc) is 3.59. The minimum atomic E-state index is -0.530. The largest absolute Gasteiger partial charge is 0.389 e. The van der Waals surface area contributed by atoms with Crippen LogP contribution < -0.4 is 5.32 Å². The summed E-state index contributed by atoms with van der Waals surface area (Å²) in [5.41, 5.74) is 5.02. The molecule has 0 saturated heterocycles. The first kappa shape index (κ1) is 23.0. The summed E-state index contributed by atoms with van der Waals surface area (Å²) in [7, 11) is 0. The fourth-order valence-electron chi connectivity index (χ4n) is 4.61. The highest BCUT2D eigenvalue weighted by atomic mass is 16.5. The molecule has 32 heavy (non-hydrogen) atoms. The number of benzene rings is 3. The van der Waals surface area contributed by atoms with Crippen LogP contribution in [0.25, 0.3) is 10.8 Å². The van der Waals surface area contributed by atoms with E-state index in [1.165, 1.54) is 45.9 Å². The monoisotopic (exact) mass is 431 g/mol. The Kier molecular flexibility index (Phi) is 6.99. The number of aliphatic hydroxyl groups is 1. The van der Waals surface area contributed by atoms with Crippen LogP contribution in [-0.4, -0.2) is 29.9 Å². The van der Waals surface area contributed by atoms with Crippen molar-refractivity contribution < 1.29 is 9.84 Å². The Morgan fingerprint density at radius 1 is 1.00 bits per heavy atom. The maximum Gasteiger partial charge on any atom is 0.0898 e. The summed E-state index contributed by atoms with van der Waals surface area (Å²) in [6.45, 7) is 9.54. The quantitative estimate of drug-likeness (QED) is 0.420. The molecule has 4 rings (SSSR count). The van der Waals surface area contributed by atoms with Gasteiger partial charge in [-0.2, -0.15) is 0 Å². The topological polar surface area (TPSA) is 41.5 Å². The number of hydrogen-bond donors (Lipinski definition) is 2. The summed E-state index contributed by atoms with van der Waals surface area (Å²) in [6, 6.07) is 21.7. The lowest BCUT2D eigenvalue weighted by Gasteiger charge is -2.29. The van der Waals surface area contributed by atoms with Crippen LogP contribution in [0.2, 0.25) is 0 Å². The molecule has 0 aromatic heterocycles. The third-order valence-electron chi connectivity index (χ3n) is 6.53. The van der Waals surface area contributed by atoms with Crippen molar-refractivity contribution in [1.29, 1.82) is 0 Å². The predicted molar refractivity (Wildman–Crippen MR) is 133 cm³/mol. The van der Waals surface area contributed by atoms with Gasteiger partial charge in [0.25, 0.3) is 0 Å². The third kappa shape index (κ3) is 5.98. The highest BCUT2D eigenvalue weighted by molar-refractivity contribution is 5.83. The van der Waals surface area contributed by atoms with Gasteiger partial charge in [0.2, 0.25) is 0 Å². The zero-order valence-corrected chi connectivity index (χ0v) is 19.9. The number of rotatable bonds is 10. The van der Waals surface area contributed by atoms with E-state index in [2.05, 4.69) is 93.7 Å². The lowest BCUT2D eigenvalue weighted by Crippen LogP contribution is -2.46. The number of aryl methyl sites for hydroxylation is 2. The number of hydrogen-bond acceptors (Lipinski definition) is 3. The Balaban J connectivity index is 1.30. The highest BCUT2D eigenvalue weighted by Gasteiger charge is 2.34. The summed E-state index contributed by atoms with van der Waals surface area (Å²) in [5, 5.41) is 16.7. The Bertz CT molecular complexity index is 1050. The van der Waals surface area contributed by atoms with Crippen LogP contribution in [0.4, 0.5) is 0 Å². The molecule has 1 saturated carbocycles. The summed E-state index contributed by atoms with van der Waals surface area (Å²) in [6.07, 6.45) is 2.89. The number of fused-ring (bicyclic) bond motifs is 1. The van der Waals surface area contributed by atoms with Gasteiger partial charge in [-0.3, -0.25) is 0 Å². The second kappa shape index (κ2) is 9.74. The maximum atomic E-state index is 10.6. The van der Waals surface area contributed by atoms with Gasteiger partial charge >= 0.3 is 0 Å². The van der Waals surface area contributed by atoms with Crippen LogP contribution >= 0.6 is 0 Å². The fourth-order valence-corrected chi connectivity index (χ4v) is 4.61. The van der Waals surface area contributed by atoms with E-state index in [0.29, 0.717) is 19.1 Å². The van der Waals surface area contributed by atoms with Gasteiger partial charge in [0.15, 0.2) is 0 Å². The lowest BCUT2D eigenvalue weighted by atomic mass is 9.93. The van der Waals surface area contributed by atoms with Crippen LogP contribution in [0.3, 0.4) is 0 Å². The number of ether oxygens (including phenoxy) is 1. The van der Waals surface area contributed by atoms with Crippen molar-refractivity contribution in [3.8, 4) is 0 Å². The third-order valence-corrected chi connectivity index (χ3v) is 6.53. The van der Waals surface area contributed by atoms with E-state index in [1.807, 2.05) is 0 Å². The average molecular weight is 432 g/mol. The molecule has 2 atom stereocenters. The van der Waals surface area contributed by atoms with E-state index in [-0.39, 0.29) is 11.6 Å². The fraction of sp³-hybridized carbons (Fsp3) is 0.448. The van der Waals surface area contributed by atoms with Gasteiger partial charge in [-0.05, 0) is 80.3 Å². The second-order valence-corrected chi connectivity index (χ2v) is 10.2. The molecule has 3 nitrogen and oxygen atoms in total. The molecular formula is C29H37NO2. The molecule has 0 radical (unpaired) electrons. The molecular weight excluding hydrogens is 394 g/mol. The normalized spacial score (nSPS) is 16.3. The van der Waals surface area contributed by atoms with E-state index in [0.717, 1.165) is 6.42 Å². The van der Waals surface area contributed by atoms with Crippen LogP contribution in [0.5, 0.6) is 0 Å². The molecule has 0 bridgehead atoms. The van der Waals surface area contributed by atoms with Crippen LogP contribution in [-0.2, 0) is 11.2 Å². The zero-order valence-electron chi connectivity index (χ0n) is 19.9. The number of nitrogens with one attached hydrogen (secondary N) is 1. The zero-order chi connectivity index (χ0) is 22.7. The summed E-state index contributed by atoms with van der Waals surface area (Å²) >= 11 is 0. The van der Waals surface area contributed by atoms with E-state index < -0.39 is 6.10 Å². The van der Waals surface area contributed by atoms with E-state index in [4.69, 9.17) is 4.74 Å². The first-order valence-corrected chi connectivity index (χ1v) is 11.9. The Hall–Kier alpha value is -2.20. The van der Waals surface area contributed by atoms with Gasteiger partial charge < -0.3 is 15.2 Å². The predicted octanol–water partition coefficient (Wildman–Crippen LogP) is 5.90. The van der Waals surface area contributed by atoms with Gasteiger partial charge in [0.1, 0.15) is 0 Å². The minimum absolute atomic E-state index is 0.0934. The van der Waals surface area contributed by atoms with Gasteiger partial charge in [-0.25, -0.2) is 0 Å². The molecule has 3 heteroatoms. The molecule has 0 aliphatic heterocycles. The maximum absolute atomic E-state index is 10.6. The number of aliphatic hydroxyl groups excluding tert-OH is 1. The smallest absolute Gasteiger partial charge is 0.0898 e. The SMILES string of the molecule is Cc1ccc(C(OCC(O)CNC(C)(C)Cc2ccc3ccccc3c2)C2CC2)c(C)c1. The molecule has 2 N–H and O–H groups in total. The Labute approximate surface area is 192 Å². The summed E-state index contributed by atoms with van der Waals surface area (Å²) in [4.78, 5) is 0. The van der Waals surface area contributed by atoms with Crippen molar-refractivity contribution in [2.75, 3.05) is 13.2 Å². The second-order valence-electron chi connectivity index (χ2n) is 10.2. The van der Waals surface area contributed by atoms with E-state index in [9.17, 15) is 5.11 Å². The van der Waals surface area contributed by atoms with Gasteiger partial charge in [0.05, 0.1) is 18.8 Å². The lowest BCUT2D eigenvalue weighted by molar-refractivity contribution is -0.0214. The molecule has 3 aromatic rings. The van der Waals surface area contributed by atoms with Crippen molar-refractivity contribution in [1.82, 2.24) is 5.32 Å². The standard InChI is InChI=1S/C29H37NO2/c1-20-9-14-27(21(2)15-20)28(24-12-13-24)32-19-26(31)18-30-29(3,4)17-22-10-11-23-7-5-6-8-25(23)16-22/h5-11,14-16,24,26,28,30-31H,12-13,17-19H2,1-4H3. The Morgan fingerprint density at radius 3 is 2.47 bits per heavy atom. The number of β-amino-alcohol motifs (C(OH)–C–C–N with tert-alkyl or cyclic N) is 1. The molecule has 3 aromatic carbocycles. The van der Waals surface area contributed by atoms with Crippen molar-refractivity contribution >= 4 is 10.8 Å². The van der Waals surface area contributed by atoms with Crippen molar-refractivity contribution in [2.24, 2.45) is 5.92 Å².